The molecule has 2 spiro atoms. The maximum Gasteiger partial charge on any atom is 0.230 e. The molecule has 6 fully saturated rings. The quantitative estimate of drug-likeness (QED) is 0.178. The van der Waals surface area contributed by atoms with Crippen molar-refractivity contribution in [3.05, 3.63) is 96.8 Å². The third-order valence-electron chi connectivity index (χ3n) is 14.7. The molecule has 6 heterocycles. The first kappa shape index (κ1) is 43.9. The number of anilines is 2. The number of carbonyl (C=O) groups excluding carboxylic acids is 2. The minimum atomic E-state index is -0.437. The smallest absolute Gasteiger partial charge is 0.230 e. The van der Waals surface area contributed by atoms with Gasteiger partial charge in [-0.25, -0.2) is 18.7 Å². The third kappa shape index (κ3) is 9.40. The van der Waals surface area contributed by atoms with Crippen molar-refractivity contribution in [1.29, 1.82) is 0 Å². The first-order valence-corrected chi connectivity index (χ1v) is 23.3. The number of aromatic nitrogens is 2. The molecule has 4 aliphatic heterocycles. The van der Waals surface area contributed by atoms with Crippen molar-refractivity contribution in [3.8, 4) is 23.3 Å². The number of hydrogen-bond donors (Lipinski definition) is 2. The molecule has 10 rings (SSSR count). The molecule has 6 aliphatic rings. The number of aliphatic hydroxyl groups excluding tert-OH is 2. The standard InChI is InChI=1S/2C25H30FN3O3/c2*26-21-16-19(7-10-22(21)32-23-4-1-2-13-27-23)28-14-3-11-25(17-28)12-15-29(24(25)31)18-5-8-20(30)9-6-18/h2*1-2,4,7,10,13,16,18,20,30H,3,5-6,8-9,11-12,14-15,17H2/t2*18?,20?,25-/m00/s1. The molecule has 0 unspecified atom stereocenters. The molecule has 14 heteroatoms. The number of halogens is 2. The molecule has 64 heavy (non-hydrogen) atoms. The van der Waals surface area contributed by atoms with Gasteiger partial charge in [0.05, 0.1) is 23.0 Å². The van der Waals surface area contributed by atoms with Gasteiger partial charge in [-0.2, -0.15) is 0 Å². The van der Waals surface area contributed by atoms with Crippen LogP contribution in [0.5, 0.6) is 23.3 Å². The predicted molar refractivity (Wildman–Crippen MR) is 238 cm³/mol. The SMILES string of the molecule is O=C1N(C2CCC(O)CC2)CC[C@]12CCCN(c1ccc(Oc3ccccn3)c(F)c1)C2.O=C1N(C2CCC(O)CC2)CC[C@]12CCCN(c1ccc(Oc3ccccn3)c(F)c1)C2. The van der Waals surface area contributed by atoms with Crippen LogP contribution in [0.4, 0.5) is 20.2 Å². The molecule has 2 N–H and O–H groups in total. The van der Waals surface area contributed by atoms with Gasteiger partial charge in [0.15, 0.2) is 23.1 Å². The molecule has 340 valence electrons. The largest absolute Gasteiger partial charge is 0.436 e. The highest BCUT2D eigenvalue weighted by molar-refractivity contribution is 5.87. The number of nitrogens with zero attached hydrogens (tertiary/aromatic N) is 6. The van der Waals surface area contributed by atoms with Gasteiger partial charge in [-0.05, 0) is 126 Å². The minimum Gasteiger partial charge on any atom is -0.436 e. The Balaban J connectivity index is 0.000000162. The zero-order valence-electron chi connectivity index (χ0n) is 36.5. The molecular weight excluding hydrogens is 819 g/mol. The molecule has 0 radical (unpaired) electrons. The monoisotopic (exact) mass is 878 g/mol. The summed E-state index contributed by atoms with van der Waals surface area (Å²) in [7, 11) is 0. The number of rotatable bonds is 8. The van der Waals surface area contributed by atoms with Gasteiger partial charge in [0.2, 0.25) is 23.6 Å². The van der Waals surface area contributed by atoms with Crippen molar-refractivity contribution in [2.24, 2.45) is 10.8 Å². The van der Waals surface area contributed by atoms with E-state index in [1.54, 1.807) is 60.9 Å². The average molecular weight is 879 g/mol. The maximum absolute atomic E-state index is 14.8. The van der Waals surface area contributed by atoms with Crippen LogP contribution in [0.2, 0.25) is 0 Å². The number of aliphatic hydroxyl groups is 2. The summed E-state index contributed by atoms with van der Waals surface area (Å²) in [5.74, 6) is 0.605. The van der Waals surface area contributed by atoms with E-state index in [9.17, 15) is 28.6 Å². The zero-order chi connectivity index (χ0) is 44.3. The lowest BCUT2D eigenvalue weighted by Crippen LogP contribution is -2.50. The van der Waals surface area contributed by atoms with Gasteiger partial charge in [-0.1, -0.05) is 12.1 Å². The molecule has 2 aromatic carbocycles. The molecule has 2 aromatic heterocycles. The lowest BCUT2D eigenvalue weighted by atomic mass is 9.78. The Hall–Kier alpha value is -5.34. The fraction of sp³-hybridized carbons (Fsp3) is 0.520. The first-order chi connectivity index (χ1) is 31.1. The summed E-state index contributed by atoms with van der Waals surface area (Å²) in [4.78, 5) is 43.6. The Kier molecular flexibility index (Phi) is 13.0. The second-order valence-electron chi connectivity index (χ2n) is 18.8. The molecule has 4 aromatic rings. The number of hydrogen-bond acceptors (Lipinski definition) is 10. The number of pyridine rings is 2. The summed E-state index contributed by atoms with van der Waals surface area (Å²) in [6, 6.07) is 21.0. The molecule has 4 saturated heterocycles. The van der Waals surface area contributed by atoms with Crippen LogP contribution < -0.4 is 19.3 Å². The molecule has 2 atom stereocenters. The Morgan fingerprint density at radius 1 is 0.547 bits per heavy atom. The molecule has 2 amide bonds. The number of benzene rings is 2. The van der Waals surface area contributed by atoms with E-state index in [4.69, 9.17) is 9.47 Å². The summed E-state index contributed by atoms with van der Waals surface area (Å²) in [5, 5.41) is 19.6. The number of piperidine rings is 2. The van der Waals surface area contributed by atoms with Gasteiger partial charge in [0.1, 0.15) is 0 Å². The minimum absolute atomic E-state index is 0.141. The summed E-state index contributed by atoms with van der Waals surface area (Å²) in [6.07, 6.45) is 14.7. The second-order valence-corrected chi connectivity index (χ2v) is 18.8. The number of amides is 2. The van der Waals surface area contributed by atoms with Crippen molar-refractivity contribution >= 4 is 23.2 Å². The highest BCUT2D eigenvalue weighted by Crippen LogP contribution is 2.46. The van der Waals surface area contributed by atoms with Crippen molar-refractivity contribution in [3.63, 3.8) is 0 Å². The summed E-state index contributed by atoms with van der Waals surface area (Å²) in [5.41, 5.74) is 0.797. The Bertz CT molecular complexity index is 2090. The van der Waals surface area contributed by atoms with Crippen LogP contribution in [0.25, 0.3) is 0 Å². The van der Waals surface area contributed by atoms with E-state index in [0.29, 0.717) is 24.8 Å². The van der Waals surface area contributed by atoms with Crippen LogP contribution in [-0.4, -0.2) is 105 Å². The van der Waals surface area contributed by atoms with E-state index in [2.05, 4.69) is 29.6 Å². The summed E-state index contributed by atoms with van der Waals surface area (Å²) < 4.78 is 40.7. The number of carbonyl (C=O) groups is 2. The maximum atomic E-state index is 14.8. The van der Waals surface area contributed by atoms with Crippen LogP contribution in [0, 0.1) is 22.5 Å². The Labute approximate surface area is 374 Å². The van der Waals surface area contributed by atoms with Crippen LogP contribution in [0.1, 0.15) is 89.9 Å². The lowest BCUT2D eigenvalue weighted by molar-refractivity contribution is -0.140. The van der Waals surface area contributed by atoms with Gasteiger partial charge < -0.3 is 39.3 Å². The van der Waals surface area contributed by atoms with Gasteiger partial charge in [-0.15, -0.1) is 0 Å². The van der Waals surface area contributed by atoms with E-state index in [1.165, 1.54) is 12.1 Å². The van der Waals surface area contributed by atoms with Crippen molar-refractivity contribution in [2.45, 2.75) is 114 Å². The highest BCUT2D eigenvalue weighted by Gasteiger charge is 2.52. The van der Waals surface area contributed by atoms with E-state index in [-0.39, 0.29) is 58.4 Å². The van der Waals surface area contributed by atoms with Gasteiger partial charge in [0, 0.05) is 99.4 Å². The van der Waals surface area contributed by atoms with Crippen LogP contribution in [-0.2, 0) is 9.59 Å². The predicted octanol–water partition coefficient (Wildman–Crippen LogP) is 8.27. The number of ether oxygens (including phenoxy) is 2. The molecule has 2 aliphatic carbocycles. The average Bonchev–Trinajstić information content (AvgIpc) is 3.79. The Morgan fingerprint density at radius 3 is 1.34 bits per heavy atom. The fourth-order valence-corrected chi connectivity index (χ4v) is 11.2. The van der Waals surface area contributed by atoms with Gasteiger partial charge >= 0.3 is 0 Å². The van der Waals surface area contributed by atoms with Crippen molar-refractivity contribution < 1.29 is 38.1 Å². The van der Waals surface area contributed by atoms with E-state index in [1.807, 2.05) is 12.1 Å². The molecule has 12 nitrogen and oxygen atoms in total. The van der Waals surface area contributed by atoms with Crippen LogP contribution in [0.3, 0.4) is 0 Å². The van der Waals surface area contributed by atoms with E-state index in [0.717, 1.165) is 127 Å². The zero-order valence-corrected chi connectivity index (χ0v) is 36.5. The van der Waals surface area contributed by atoms with Crippen LogP contribution in [0.15, 0.2) is 85.2 Å². The molecule has 2 saturated carbocycles. The topological polar surface area (TPSA) is 132 Å². The van der Waals surface area contributed by atoms with Crippen LogP contribution >= 0.6 is 0 Å². The van der Waals surface area contributed by atoms with Gasteiger partial charge in [-0.3, -0.25) is 9.59 Å². The third-order valence-corrected chi connectivity index (χ3v) is 14.7. The van der Waals surface area contributed by atoms with E-state index >= 15 is 0 Å². The second kappa shape index (κ2) is 19.0. The first-order valence-electron chi connectivity index (χ1n) is 23.3. The normalized spacial score (nSPS) is 28.4. The van der Waals surface area contributed by atoms with E-state index < -0.39 is 11.6 Å². The Morgan fingerprint density at radius 2 is 0.969 bits per heavy atom. The number of likely N-dealkylation sites (tertiary alicyclic amines) is 2. The molecular formula is C50H60F2N6O6. The fourth-order valence-electron chi connectivity index (χ4n) is 11.2. The lowest BCUT2D eigenvalue weighted by Gasteiger charge is -2.41. The summed E-state index contributed by atoms with van der Waals surface area (Å²) in [6.45, 7) is 4.45. The van der Waals surface area contributed by atoms with Crippen molar-refractivity contribution in [2.75, 3.05) is 49.1 Å². The highest BCUT2D eigenvalue weighted by atomic mass is 19.1. The molecule has 0 bridgehead atoms. The summed E-state index contributed by atoms with van der Waals surface area (Å²) >= 11 is 0. The van der Waals surface area contributed by atoms with Gasteiger partial charge in [0.25, 0.3) is 0 Å². The van der Waals surface area contributed by atoms with Crippen molar-refractivity contribution in [1.82, 2.24) is 19.8 Å².